The number of benzene rings is 4. The Hall–Kier alpha value is -4.09. The standard InChI is InChI=1S/C36H36ClNO4/c1-34(2,3)27-20-23(21-28(31(27)39)35(4,5)6)30-26-17-10-11-18-29(26)42-33(41)36(30,24-14-8-7-9-15-24)38-32(40)22-13-12-16-25(37)19-22/h7-21,30,39H,1-6H3,(H,38,40)/t30-,36+/m1/s1. The fourth-order valence-corrected chi connectivity index (χ4v) is 5.99. The van der Waals surface area contributed by atoms with Gasteiger partial charge >= 0.3 is 5.97 Å². The third-order valence-corrected chi connectivity index (χ3v) is 8.13. The fraction of sp³-hybridized carbons (Fsp3) is 0.278. The normalized spacial score (nSPS) is 18.6. The first-order chi connectivity index (χ1) is 19.7. The minimum absolute atomic E-state index is 0.235. The first-order valence-corrected chi connectivity index (χ1v) is 14.4. The molecule has 0 radical (unpaired) electrons. The highest BCUT2D eigenvalue weighted by molar-refractivity contribution is 6.31. The molecule has 0 saturated carbocycles. The van der Waals surface area contributed by atoms with Crippen molar-refractivity contribution in [2.45, 2.75) is 63.8 Å². The molecule has 0 fully saturated rings. The van der Waals surface area contributed by atoms with Crippen molar-refractivity contribution < 1.29 is 19.4 Å². The van der Waals surface area contributed by atoms with Gasteiger partial charge in [-0.1, -0.05) is 120 Å². The average Bonchev–Trinajstić information content (AvgIpc) is 2.93. The van der Waals surface area contributed by atoms with E-state index in [2.05, 4.69) is 5.32 Å². The number of esters is 1. The molecule has 2 atom stereocenters. The first-order valence-electron chi connectivity index (χ1n) is 14.1. The van der Waals surface area contributed by atoms with Crippen LogP contribution in [0.3, 0.4) is 0 Å². The summed E-state index contributed by atoms with van der Waals surface area (Å²) in [7, 11) is 0. The van der Waals surface area contributed by atoms with Crippen molar-refractivity contribution in [1.82, 2.24) is 5.32 Å². The number of carbonyl (C=O) groups excluding carboxylic acids is 2. The van der Waals surface area contributed by atoms with E-state index >= 15 is 0 Å². The molecule has 0 spiro atoms. The van der Waals surface area contributed by atoms with E-state index in [4.69, 9.17) is 16.3 Å². The van der Waals surface area contributed by atoms with Crippen LogP contribution >= 0.6 is 11.6 Å². The van der Waals surface area contributed by atoms with Crippen LogP contribution < -0.4 is 10.1 Å². The summed E-state index contributed by atoms with van der Waals surface area (Å²) in [6.07, 6.45) is 0. The maximum Gasteiger partial charge on any atom is 0.343 e. The minimum atomic E-state index is -1.64. The number of rotatable bonds is 4. The molecule has 4 aromatic carbocycles. The van der Waals surface area contributed by atoms with Gasteiger partial charge in [-0.15, -0.1) is 0 Å². The lowest BCUT2D eigenvalue weighted by atomic mass is 9.67. The van der Waals surface area contributed by atoms with Crippen LogP contribution in [0.4, 0.5) is 0 Å². The van der Waals surface area contributed by atoms with Crippen molar-refractivity contribution in [3.05, 3.63) is 129 Å². The molecule has 1 aliphatic heterocycles. The van der Waals surface area contributed by atoms with E-state index in [1.807, 2.05) is 102 Å². The maximum atomic E-state index is 14.4. The Morgan fingerprint density at radius 2 is 1.43 bits per heavy atom. The smallest absolute Gasteiger partial charge is 0.343 e. The van der Waals surface area contributed by atoms with Crippen LogP contribution in [-0.4, -0.2) is 17.0 Å². The van der Waals surface area contributed by atoms with Crippen LogP contribution in [-0.2, 0) is 21.2 Å². The van der Waals surface area contributed by atoms with E-state index in [9.17, 15) is 14.7 Å². The molecule has 0 aromatic heterocycles. The number of phenols is 1. The number of aromatic hydroxyl groups is 1. The Kier molecular flexibility index (Phi) is 7.44. The van der Waals surface area contributed by atoms with Gasteiger partial charge < -0.3 is 15.2 Å². The summed E-state index contributed by atoms with van der Waals surface area (Å²) in [5.74, 6) is -1.09. The zero-order valence-electron chi connectivity index (χ0n) is 24.8. The summed E-state index contributed by atoms with van der Waals surface area (Å²) in [5.41, 5.74) is 1.47. The number of nitrogens with one attached hydrogen (secondary N) is 1. The van der Waals surface area contributed by atoms with Crippen LogP contribution in [0, 0.1) is 0 Å². The topological polar surface area (TPSA) is 75.6 Å². The summed E-state index contributed by atoms with van der Waals surface area (Å²) in [5, 5.41) is 15.1. The summed E-state index contributed by atoms with van der Waals surface area (Å²) in [4.78, 5) is 28.4. The van der Waals surface area contributed by atoms with E-state index in [0.29, 0.717) is 21.9 Å². The van der Waals surface area contributed by atoms with Gasteiger partial charge in [0.15, 0.2) is 5.54 Å². The highest BCUT2D eigenvalue weighted by atomic mass is 35.5. The van der Waals surface area contributed by atoms with Crippen LogP contribution in [0.1, 0.15) is 85.6 Å². The number of carbonyl (C=O) groups is 2. The Morgan fingerprint density at radius 1 is 0.833 bits per heavy atom. The molecule has 5 nitrogen and oxygen atoms in total. The van der Waals surface area contributed by atoms with Crippen molar-refractivity contribution in [1.29, 1.82) is 0 Å². The molecule has 0 saturated heterocycles. The SMILES string of the molecule is CC(C)(C)c1cc([C@@H]2c3ccccc3OC(=O)[C@]2(NC(=O)c2cccc(Cl)c2)c2ccccc2)cc(C(C)(C)C)c1O. The number of hydrogen-bond acceptors (Lipinski definition) is 4. The number of fused-ring (bicyclic) bond motifs is 1. The fourth-order valence-electron chi connectivity index (χ4n) is 5.80. The molecule has 1 aliphatic rings. The van der Waals surface area contributed by atoms with Crippen LogP contribution in [0.5, 0.6) is 11.5 Å². The van der Waals surface area contributed by atoms with E-state index in [1.54, 1.807) is 30.3 Å². The monoisotopic (exact) mass is 581 g/mol. The number of para-hydroxylation sites is 1. The summed E-state index contributed by atoms with van der Waals surface area (Å²) >= 11 is 6.24. The predicted octanol–water partition coefficient (Wildman–Crippen LogP) is 8.02. The Labute approximate surface area is 252 Å². The summed E-state index contributed by atoms with van der Waals surface area (Å²) in [6, 6.07) is 27.2. The molecule has 5 rings (SSSR count). The number of amides is 1. The van der Waals surface area contributed by atoms with Gasteiger partial charge in [-0.2, -0.15) is 0 Å². The molecule has 2 N–H and O–H groups in total. The third kappa shape index (κ3) is 5.18. The van der Waals surface area contributed by atoms with Gasteiger partial charge in [0.05, 0.1) is 5.92 Å². The van der Waals surface area contributed by atoms with Gasteiger partial charge in [0, 0.05) is 16.1 Å². The number of phenolic OH excluding ortho intramolecular Hbond substituents is 1. The molecular weight excluding hydrogens is 546 g/mol. The van der Waals surface area contributed by atoms with E-state index < -0.39 is 34.2 Å². The van der Waals surface area contributed by atoms with E-state index in [-0.39, 0.29) is 5.75 Å². The summed E-state index contributed by atoms with van der Waals surface area (Å²) < 4.78 is 6.00. The largest absolute Gasteiger partial charge is 0.507 e. The Morgan fingerprint density at radius 3 is 2.02 bits per heavy atom. The minimum Gasteiger partial charge on any atom is -0.507 e. The third-order valence-electron chi connectivity index (χ3n) is 7.90. The van der Waals surface area contributed by atoms with E-state index in [1.165, 1.54) is 0 Å². The van der Waals surface area contributed by atoms with Gasteiger partial charge in [-0.05, 0) is 57.3 Å². The van der Waals surface area contributed by atoms with Gasteiger partial charge in [-0.25, -0.2) is 4.79 Å². The van der Waals surface area contributed by atoms with Gasteiger partial charge in [-0.3, -0.25) is 4.79 Å². The highest BCUT2D eigenvalue weighted by Gasteiger charge is 2.55. The Bertz CT molecular complexity index is 1630. The quantitative estimate of drug-likeness (QED) is 0.189. The molecule has 216 valence electrons. The molecule has 1 heterocycles. The zero-order chi connectivity index (χ0) is 30.4. The van der Waals surface area contributed by atoms with Crippen molar-refractivity contribution in [2.75, 3.05) is 0 Å². The second-order valence-electron chi connectivity index (χ2n) is 13.0. The second-order valence-corrected chi connectivity index (χ2v) is 13.4. The first kappa shape index (κ1) is 29.4. The van der Waals surface area contributed by atoms with Crippen molar-refractivity contribution >= 4 is 23.5 Å². The highest BCUT2D eigenvalue weighted by Crippen LogP contribution is 2.52. The number of hydrogen-bond donors (Lipinski definition) is 2. The van der Waals surface area contributed by atoms with Crippen molar-refractivity contribution in [2.24, 2.45) is 0 Å². The summed E-state index contributed by atoms with van der Waals surface area (Å²) in [6.45, 7) is 12.3. The second kappa shape index (κ2) is 10.6. The van der Waals surface area contributed by atoms with Crippen LogP contribution in [0.15, 0.2) is 91.0 Å². The molecular formula is C36H36ClNO4. The lowest BCUT2D eigenvalue weighted by Crippen LogP contribution is -2.59. The van der Waals surface area contributed by atoms with Crippen molar-refractivity contribution in [3.63, 3.8) is 0 Å². The van der Waals surface area contributed by atoms with E-state index in [0.717, 1.165) is 22.3 Å². The van der Waals surface area contributed by atoms with Crippen molar-refractivity contribution in [3.8, 4) is 11.5 Å². The molecule has 1 amide bonds. The van der Waals surface area contributed by atoms with Crippen LogP contribution in [0.2, 0.25) is 5.02 Å². The number of halogens is 1. The van der Waals surface area contributed by atoms with Gasteiger partial charge in [0.2, 0.25) is 0 Å². The molecule has 4 aromatic rings. The maximum absolute atomic E-state index is 14.4. The molecule has 42 heavy (non-hydrogen) atoms. The predicted molar refractivity (Wildman–Crippen MR) is 166 cm³/mol. The molecule has 0 bridgehead atoms. The lowest BCUT2D eigenvalue weighted by molar-refractivity contribution is -0.144. The molecule has 0 aliphatic carbocycles. The van der Waals surface area contributed by atoms with Gasteiger partial charge in [0.1, 0.15) is 11.5 Å². The molecule has 6 heteroatoms. The van der Waals surface area contributed by atoms with Gasteiger partial charge in [0.25, 0.3) is 5.91 Å². The van der Waals surface area contributed by atoms with Crippen LogP contribution in [0.25, 0.3) is 0 Å². The Balaban J connectivity index is 1.87. The number of ether oxygens (including phenoxy) is 1. The molecule has 0 unspecified atom stereocenters. The average molecular weight is 582 g/mol. The zero-order valence-corrected chi connectivity index (χ0v) is 25.5. The lowest BCUT2D eigenvalue weighted by Gasteiger charge is -2.44.